The average molecular weight is 559 g/mol. The molecule has 0 bridgehead atoms. The summed E-state index contributed by atoms with van der Waals surface area (Å²) in [5, 5.41) is 20.9. The molecule has 3 aromatic rings. The van der Waals surface area contributed by atoms with Crippen molar-refractivity contribution in [3.8, 4) is 11.5 Å². The fourth-order valence-corrected chi connectivity index (χ4v) is 5.99. The van der Waals surface area contributed by atoms with Crippen molar-refractivity contribution in [2.24, 2.45) is 11.8 Å². The quantitative estimate of drug-likeness (QED) is 0.293. The summed E-state index contributed by atoms with van der Waals surface area (Å²) in [6, 6.07) is 17.5. The Morgan fingerprint density at radius 1 is 0.974 bits per heavy atom. The number of nitrogens with zero attached hydrogens (tertiary/aromatic N) is 2. The molecule has 1 atom stereocenters. The molecular formula is C29H35FN2O6S. The molecule has 2 N–H and O–H groups in total. The number of hydrogen-bond donors (Lipinski definition) is 2. The molecule has 1 amide bonds. The van der Waals surface area contributed by atoms with Gasteiger partial charge >= 0.3 is 6.09 Å². The molecule has 0 saturated carbocycles. The van der Waals surface area contributed by atoms with E-state index in [4.69, 9.17) is 4.74 Å². The Labute approximate surface area is 229 Å². The summed E-state index contributed by atoms with van der Waals surface area (Å²) >= 11 is 0. The van der Waals surface area contributed by atoms with Crippen molar-refractivity contribution >= 4 is 21.8 Å². The Morgan fingerprint density at radius 3 is 2.18 bits per heavy atom. The molecule has 0 fully saturated rings. The van der Waals surface area contributed by atoms with Crippen molar-refractivity contribution < 1.29 is 32.6 Å². The zero-order valence-corrected chi connectivity index (χ0v) is 23.4. The second-order valence-corrected chi connectivity index (χ2v) is 11.8. The Balaban J connectivity index is 1.92. The number of phenols is 1. The number of methoxy groups -OCH3 is 1. The minimum Gasteiger partial charge on any atom is -0.505 e. The lowest BCUT2D eigenvalue weighted by atomic mass is 9.98. The Bertz CT molecular complexity index is 1360. The number of benzene rings is 3. The smallest absolute Gasteiger partial charge is 0.407 e. The van der Waals surface area contributed by atoms with Gasteiger partial charge in [0.1, 0.15) is 17.2 Å². The first kappa shape index (κ1) is 29.8. The molecule has 0 heterocycles. The molecule has 0 aliphatic heterocycles. The van der Waals surface area contributed by atoms with E-state index in [9.17, 15) is 23.4 Å². The van der Waals surface area contributed by atoms with Crippen LogP contribution in [-0.4, -0.2) is 49.8 Å². The number of carbonyl (C=O) groups is 1. The van der Waals surface area contributed by atoms with Gasteiger partial charge in [0, 0.05) is 19.6 Å². The highest BCUT2D eigenvalue weighted by atomic mass is 32.2. The molecule has 0 spiro atoms. The van der Waals surface area contributed by atoms with Gasteiger partial charge in [-0.1, -0.05) is 57.2 Å². The van der Waals surface area contributed by atoms with Crippen molar-refractivity contribution in [2.45, 2.75) is 38.6 Å². The molecule has 0 radical (unpaired) electrons. The molecule has 8 nitrogen and oxygen atoms in total. The van der Waals surface area contributed by atoms with Gasteiger partial charge in [-0.2, -0.15) is 0 Å². The number of aromatic hydroxyl groups is 1. The summed E-state index contributed by atoms with van der Waals surface area (Å²) in [5.74, 6) is -1.33. The zero-order chi connectivity index (χ0) is 28.7. The summed E-state index contributed by atoms with van der Waals surface area (Å²) < 4.78 is 48.5. The van der Waals surface area contributed by atoms with Gasteiger partial charge in [0.15, 0.2) is 5.82 Å². The lowest BCUT2D eigenvalue weighted by Crippen LogP contribution is -2.35. The number of anilines is 1. The summed E-state index contributed by atoms with van der Waals surface area (Å²) in [6.07, 6.45) is -0.876. The summed E-state index contributed by atoms with van der Waals surface area (Å²) in [4.78, 5) is 13.1. The van der Waals surface area contributed by atoms with Gasteiger partial charge in [0.2, 0.25) is 0 Å². The molecule has 0 unspecified atom stereocenters. The van der Waals surface area contributed by atoms with E-state index in [0.29, 0.717) is 11.3 Å². The number of carboxylic acid groups (broad SMARTS) is 1. The first-order chi connectivity index (χ1) is 18.4. The van der Waals surface area contributed by atoms with Crippen LogP contribution in [0.25, 0.3) is 0 Å². The molecule has 210 valence electrons. The lowest BCUT2D eigenvalue weighted by molar-refractivity contribution is 0.134. The first-order valence-corrected chi connectivity index (χ1v) is 14.1. The van der Waals surface area contributed by atoms with E-state index < -0.39 is 33.4 Å². The first-order valence-electron chi connectivity index (χ1n) is 12.6. The Kier molecular flexibility index (Phi) is 9.80. The number of amides is 1. The van der Waals surface area contributed by atoms with E-state index in [1.165, 1.54) is 42.3 Å². The van der Waals surface area contributed by atoms with Gasteiger partial charge in [-0.3, -0.25) is 4.31 Å². The highest BCUT2D eigenvalue weighted by Gasteiger charge is 2.31. The summed E-state index contributed by atoms with van der Waals surface area (Å²) in [5.41, 5.74) is 0.735. The predicted molar refractivity (Wildman–Crippen MR) is 148 cm³/mol. The molecule has 3 aromatic carbocycles. The minimum atomic E-state index is -4.24. The fraction of sp³-hybridized carbons (Fsp3) is 0.345. The maximum absolute atomic E-state index is 15.2. The Morgan fingerprint density at radius 2 is 1.62 bits per heavy atom. The van der Waals surface area contributed by atoms with Crippen LogP contribution in [0.5, 0.6) is 11.5 Å². The molecule has 39 heavy (non-hydrogen) atoms. The van der Waals surface area contributed by atoms with Gasteiger partial charge in [0.05, 0.1) is 12.0 Å². The van der Waals surface area contributed by atoms with Crippen molar-refractivity contribution in [1.29, 1.82) is 0 Å². The van der Waals surface area contributed by atoms with Gasteiger partial charge in [-0.25, -0.2) is 17.6 Å². The second-order valence-electron chi connectivity index (χ2n) is 9.97. The molecule has 3 rings (SSSR count). The number of rotatable bonds is 12. The van der Waals surface area contributed by atoms with Crippen molar-refractivity contribution in [3.63, 3.8) is 0 Å². The summed E-state index contributed by atoms with van der Waals surface area (Å²) in [6.45, 7) is 5.71. The normalized spacial score (nSPS) is 12.3. The van der Waals surface area contributed by atoms with E-state index >= 15 is 4.39 Å². The Hall–Kier alpha value is -3.79. The molecule has 0 aromatic heterocycles. The number of hydrogen-bond acceptors (Lipinski definition) is 5. The molecule has 10 heteroatoms. The fourth-order valence-electron chi connectivity index (χ4n) is 4.35. The van der Waals surface area contributed by atoms with Gasteiger partial charge in [-0.05, 0) is 59.7 Å². The number of sulfonamides is 1. The van der Waals surface area contributed by atoms with Crippen LogP contribution in [0.15, 0.2) is 71.6 Å². The largest absolute Gasteiger partial charge is 0.505 e. The lowest BCUT2D eigenvalue weighted by Gasteiger charge is -2.28. The third-order valence-electron chi connectivity index (χ3n) is 6.20. The molecular weight excluding hydrogens is 523 g/mol. The van der Waals surface area contributed by atoms with Gasteiger partial charge in [-0.15, -0.1) is 0 Å². The zero-order valence-electron chi connectivity index (χ0n) is 22.5. The van der Waals surface area contributed by atoms with Crippen LogP contribution >= 0.6 is 0 Å². The third kappa shape index (κ3) is 7.41. The SMILES string of the molecule is COc1ccc(S(=O)(=O)N(CC(C)C)c2c(F)ccc(C[C@@H](C)CN(Cc3ccccc3)C(=O)O)c2O)cc1. The monoisotopic (exact) mass is 558 g/mol. The van der Waals surface area contributed by atoms with E-state index in [2.05, 4.69) is 0 Å². The van der Waals surface area contributed by atoms with Crippen LogP contribution in [0.3, 0.4) is 0 Å². The number of phenolic OH excluding ortho intramolecular Hbond substituents is 1. The number of ether oxygens (including phenoxy) is 1. The van der Waals surface area contributed by atoms with E-state index in [0.717, 1.165) is 15.9 Å². The molecule has 0 saturated heterocycles. The average Bonchev–Trinajstić information content (AvgIpc) is 2.89. The van der Waals surface area contributed by atoms with Crippen LogP contribution in [0.1, 0.15) is 31.9 Å². The second kappa shape index (κ2) is 12.8. The highest BCUT2D eigenvalue weighted by molar-refractivity contribution is 7.92. The molecule has 0 aliphatic rings. The van der Waals surface area contributed by atoms with E-state index in [-0.39, 0.29) is 42.8 Å². The predicted octanol–water partition coefficient (Wildman–Crippen LogP) is 5.75. The van der Waals surface area contributed by atoms with Gasteiger partial charge in [0.25, 0.3) is 10.0 Å². The van der Waals surface area contributed by atoms with Crippen LogP contribution in [0, 0.1) is 17.7 Å². The van der Waals surface area contributed by atoms with E-state index in [1.807, 2.05) is 37.3 Å². The van der Waals surface area contributed by atoms with Gasteiger partial charge < -0.3 is 19.8 Å². The third-order valence-corrected chi connectivity index (χ3v) is 7.98. The standard InChI is InChI=1S/C29H35FN2O6S/c1-20(2)17-32(39(36,37)25-13-11-24(38-4)12-14-25)27-26(30)15-10-23(28(27)33)16-21(3)18-31(29(34)35)19-22-8-6-5-7-9-22/h5-15,20-21,33H,16-19H2,1-4H3,(H,34,35)/t21-/m1/s1. The van der Waals surface area contributed by atoms with Crippen LogP contribution in [-0.2, 0) is 23.0 Å². The topological polar surface area (TPSA) is 107 Å². The van der Waals surface area contributed by atoms with E-state index in [1.54, 1.807) is 13.8 Å². The van der Waals surface area contributed by atoms with Crippen molar-refractivity contribution in [2.75, 3.05) is 24.5 Å². The molecule has 0 aliphatic carbocycles. The summed E-state index contributed by atoms with van der Waals surface area (Å²) in [7, 11) is -2.77. The van der Waals surface area contributed by atoms with Crippen molar-refractivity contribution in [1.82, 2.24) is 4.90 Å². The van der Waals surface area contributed by atoms with Crippen LogP contribution in [0.4, 0.5) is 14.9 Å². The maximum atomic E-state index is 15.2. The van der Waals surface area contributed by atoms with Crippen LogP contribution in [0.2, 0.25) is 0 Å². The maximum Gasteiger partial charge on any atom is 0.407 e. The minimum absolute atomic E-state index is 0.0677. The highest BCUT2D eigenvalue weighted by Crippen LogP contribution is 2.38. The van der Waals surface area contributed by atoms with Crippen LogP contribution < -0.4 is 9.04 Å². The van der Waals surface area contributed by atoms with Crippen molar-refractivity contribution in [3.05, 3.63) is 83.7 Å². The number of halogens is 1.